The van der Waals surface area contributed by atoms with E-state index in [0.717, 1.165) is 65.3 Å². The minimum absolute atomic E-state index is 0.248. The molecular weight excluding hydrogens is 460 g/mol. The van der Waals surface area contributed by atoms with Gasteiger partial charge in [0.25, 0.3) is 0 Å². The van der Waals surface area contributed by atoms with Crippen LogP contribution in [-0.2, 0) is 6.54 Å². The molecule has 5 aromatic rings. The lowest BCUT2D eigenvalue weighted by Gasteiger charge is -2.30. The molecule has 0 bridgehead atoms. The van der Waals surface area contributed by atoms with Crippen molar-refractivity contribution in [1.82, 2.24) is 24.6 Å². The van der Waals surface area contributed by atoms with Crippen molar-refractivity contribution in [3.63, 3.8) is 0 Å². The SMILES string of the molecule is CC(C)c1cnn2c(NCc3ccccc3-c3nccc4ccccc34)nc(N3CCC(N)CC3)nc12. The van der Waals surface area contributed by atoms with Gasteiger partial charge in [0.05, 0.1) is 11.9 Å². The molecule has 1 aliphatic rings. The lowest BCUT2D eigenvalue weighted by Crippen LogP contribution is -2.40. The third kappa shape index (κ3) is 4.49. The number of anilines is 2. The third-order valence-corrected chi connectivity index (χ3v) is 7.21. The van der Waals surface area contributed by atoms with Gasteiger partial charge in [0, 0.05) is 48.4 Å². The fourth-order valence-electron chi connectivity index (χ4n) is 5.06. The molecule has 188 valence electrons. The highest BCUT2D eigenvalue weighted by molar-refractivity contribution is 5.95. The number of nitrogens with two attached hydrogens (primary N) is 1. The summed E-state index contributed by atoms with van der Waals surface area (Å²) in [5, 5.41) is 10.5. The number of pyridine rings is 1. The molecule has 37 heavy (non-hydrogen) atoms. The predicted octanol–water partition coefficient (Wildman–Crippen LogP) is 5.00. The summed E-state index contributed by atoms with van der Waals surface area (Å²) in [6.45, 7) is 6.63. The van der Waals surface area contributed by atoms with E-state index >= 15 is 0 Å². The summed E-state index contributed by atoms with van der Waals surface area (Å²) in [5.41, 5.74) is 11.3. The zero-order valence-corrected chi connectivity index (χ0v) is 21.3. The monoisotopic (exact) mass is 492 g/mol. The Hall–Kier alpha value is -4.04. The van der Waals surface area contributed by atoms with Crippen molar-refractivity contribution in [2.24, 2.45) is 5.73 Å². The lowest BCUT2D eigenvalue weighted by atomic mass is 9.99. The average molecular weight is 493 g/mol. The van der Waals surface area contributed by atoms with Gasteiger partial charge in [-0.3, -0.25) is 4.98 Å². The molecule has 0 amide bonds. The van der Waals surface area contributed by atoms with Crippen LogP contribution in [0.4, 0.5) is 11.9 Å². The van der Waals surface area contributed by atoms with Crippen LogP contribution in [0.3, 0.4) is 0 Å². The molecular formula is C29H32N8. The van der Waals surface area contributed by atoms with Gasteiger partial charge in [0.1, 0.15) is 0 Å². The first-order valence-electron chi connectivity index (χ1n) is 13.0. The molecule has 1 saturated heterocycles. The van der Waals surface area contributed by atoms with Crippen LogP contribution in [0.1, 0.15) is 43.7 Å². The number of benzene rings is 2. The lowest BCUT2D eigenvalue weighted by molar-refractivity contribution is 0.495. The van der Waals surface area contributed by atoms with Crippen molar-refractivity contribution in [2.75, 3.05) is 23.3 Å². The summed E-state index contributed by atoms with van der Waals surface area (Å²) in [6, 6.07) is 19.1. The van der Waals surface area contributed by atoms with Crippen molar-refractivity contribution in [2.45, 2.75) is 45.2 Å². The molecule has 0 unspecified atom stereocenters. The van der Waals surface area contributed by atoms with E-state index in [1.165, 1.54) is 5.39 Å². The molecule has 6 rings (SSSR count). The van der Waals surface area contributed by atoms with E-state index in [9.17, 15) is 0 Å². The van der Waals surface area contributed by atoms with Crippen LogP contribution < -0.4 is 16.0 Å². The first-order valence-corrected chi connectivity index (χ1v) is 13.0. The topological polar surface area (TPSA) is 97.3 Å². The standard InChI is InChI=1S/C29H32N8/c1-19(2)25-18-33-37-27(25)34-29(36-15-12-22(30)13-16-36)35-28(37)32-17-21-8-4-6-10-24(21)26-23-9-5-3-7-20(23)11-14-31-26/h3-11,14,18-19,22H,12-13,15-17,30H2,1-2H3,(H,32,34,35). The van der Waals surface area contributed by atoms with Gasteiger partial charge in [-0.2, -0.15) is 19.6 Å². The first kappa shape index (κ1) is 23.4. The molecule has 2 aromatic carbocycles. The summed E-state index contributed by atoms with van der Waals surface area (Å²) < 4.78 is 1.83. The summed E-state index contributed by atoms with van der Waals surface area (Å²) in [4.78, 5) is 16.9. The highest BCUT2D eigenvalue weighted by Crippen LogP contribution is 2.30. The van der Waals surface area contributed by atoms with Gasteiger partial charge < -0.3 is 16.0 Å². The molecule has 3 aromatic heterocycles. The Morgan fingerprint density at radius 1 is 1.00 bits per heavy atom. The normalized spacial score (nSPS) is 14.6. The van der Waals surface area contributed by atoms with Gasteiger partial charge in [0.15, 0.2) is 5.65 Å². The van der Waals surface area contributed by atoms with Crippen LogP contribution in [0.15, 0.2) is 67.0 Å². The van der Waals surface area contributed by atoms with E-state index in [2.05, 4.69) is 83.8 Å². The van der Waals surface area contributed by atoms with Crippen LogP contribution in [0.25, 0.3) is 27.7 Å². The third-order valence-electron chi connectivity index (χ3n) is 7.21. The van der Waals surface area contributed by atoms with Gasteiger partial charge in [-0.05, 0) is 35.8 Å². The number of rotatable bonds is 6. The molecule has 0 spiro atoms. The molecule has 0 aliphatic carbocycles. The Bertz CT molecular complexity index is 1540. The Kier molecular flexibility index (Phi) is 6.18. The summed E-state index contributed by atoms with van der Waals surface area (Å²) >= 11 is 0. The van der Waals surface area contributed by atoms with E-state index in [4.69, 9.17) is 20.7 Å². The fraction of sp³-hybridized carbons (Fsp3) is 0.310. The van der Waals surface area contributed by atoms with Crippen LogP contribution in [0, 0.1) is 0 Å². The molecule has 3 N–H and O–H groups in total. The smallest absolute Gasteiger partial charge is 0.230 e. The zero-order valence-electron chi connectivity index (χ0n) is 21.3. The summed E-state index contributed by atoms with van der Waals surface area (Å²) in [6.07, 6.45) is 5.67. The Morgan fingerprint density at radius 3 is 2.62 bits per heavy atom. The van der Waals surface area contributed by atoms with Crippen molar-refractivity contribution < 1.29 is 0 Å². The van der Waals surface area contributed by atoms with Crippen molar-refractivity contribution in [3.8, 4) is 11.3 Å². The molecule has 1 aliphatic heterocycles. The Morgan fingerprint density at radius 2 is 1.78 bits per heavy atom. The maximum atomic E-state index is 6.15. The van der Waals surface area contributed by atoms with Crippen LogP contribution >= 0.6 is 0 Å². The number of nitrogens with one attached hydrogen (secondary N) is 1. The van der Waals surface area contributed by atoms with Crippen molar-refractivity contribution in [3.05, 3.63) is 78.1 Å². The van der Waals surface area contributed by atoms with Gasteiger partial charge in [0.2, 0.25) is 11.9 Å². The largest absolute Gasteiger partial charge is 0.350 e. The molecule has 0 saturated carbocycles. The number of fused-ring (bicyclic) bond motifs is 2. The number of piperidine rings is 1. The number of nitrogens with zero attached hydrogens (tertiary/aromatic N) is 6. The second-order valence-electron chi connectivity index (χ2n) is 10.1. The van der Waals surface area contributed by atoms with E-state index < -0.39 is 0 Å². The van der Waals surface area contributed by atoms with Crippen LogP contribution in [0.2, 0.25) is 0 Å². The van der Waals surface area contributed by atoms with Gasteiger partial charge in [-0.1, -0.05) is 62.4 Å². The van der Waals surface area contributed by atoms with Gasteiger partial charge >= 0.3 is 0 Å². The van der Waals surface area contributed by atoms with E-state index in [-0.39, 0.29) is 6.04 Å². The van der Waals surface area contributed by atoms with E-state index in [1.54, 1.807) is 0 Å². The maximum absolute atomic E-state index is 6.15. The van der Waals surface area contributed by atoms with Crippen LogP contribution in [-0.4, -0.2) is 43.7 Å². The number of hydrogen-bond donors (Lipinski definition) is 2. The second-order valence-corrected chi connectivity index (χ2v) is 10.1. The average Bonchev–Trinajstić information content (AvgIpc) is 3.37. The highest BCUT2D eigenvalue weighted by atomic mass is 15.4. The van der Waals surface area contributed by atoms with Crippen molar-refractivity contribution >= 4 is 28.3 Å². The van der Waals surface area contributed by atoms with Crippen LogP contribution in [0.5, 0.6) is 0 Å². The van der Waals surface area contributed by atoms with Gasteiger partial charge in [-0.25, -0.2) is 0 Å². The molecule has 0 radical (unpaired) electrons. The Balaban J connectivity index is 1.37. The first-order chi connectivity index (χ1) is 18.1. The van der Waals surface area contributed by atoms with E-state index in [1.807, 2.05) is 16.9 Å². The molecule has 4 heterocycles. The minimum atomic E-state index is 0.248. The molecule has 8 heteroatoms. The second kappa shape index (κ2) is 9.78. The number of hydrogen-bond acceptors (Lipinski definition) is 7. The van der Waals surface area contributed by atoms with E-state index in [0.29, 0.717) is 18.4 Å². The molecule has 1 fully saturated rings. The fourth-order valence-corrected chi connectivity index (χ4v) is 5.06. The number of aromatic nitrogens is 5. The Labute approximate surface area is 216 Å². The summed E-state index contributed by atoms with van der Waals surface area (Å²) in [5.74, 6) is 1.72. The predicted molar refractivity (Wildman–Crippen MR) is 149 cm³/mol. The zero-order chi connectivity index (χ0) is 25.4. The van der Waals surface area contributed by atoms with Crippen molar-refractivity contribution in [1.29, 1.82) is 0 Å². The highest BCUT2D eigenvalue weighted by Gasteiger charge is 2.22. The quantitative estimate of drug-likeness (QED) is 0.344. The summed E-state index contributed by atoms with van der Waals surface area (Å²) in [7, 11) is 0. The van der Waals surface area contributed by atoms with Gasteiger partial charge in [-0.15, -0.1) is 0 Å². The maximum Gasteiger partial charge on any atom is 0.230 e. The molecule has 0 atom stereocenters. The minimum Gasteiger partial charge on any atom is -0.350 e. The molecule has 8 nitrogen and oxygen atoms in total.